The Balaban J connectivity index is 0.00000392. The molecule has 1 aromatic carbocycles. The highest BCUT2D eigenvalue weighted by atomic mass is 127. The van der Waals surface area contributed by atoms with Crippen LogP contribution in [0.2, 0.25) is 0 Å². The molecule has 0 aromatic heterocycles. The summed E-state index contributed by atoms with van der Waals surface area (Å²) in [7, 11) is 0. The van der Waals surface area contributed by atoms with Crippen molar-refractivity contribution in [1.29, 1.82) is 0 Å². The highest BCUT2D eigenvalue weighted by Crippen LogP contribution is 2.20. The number of aliphatic imine (C=N–C) groups is 1. The van der Waals surface area contributed by atoms with Crippen LogP contribution in [0.3, 0.4) is 0 Å². The molecule has 0 spiro atoms. The summed E-state index contributed by atoms with van der Waals surface area (Å²) in [4.78, 5) is 7.05. The number of aliphatic hydroxyl groups is 1. The smallest absolute Gasteiger partial charge is 0.191 e. The van der Waals surface area contributed by atoms with Gasteiger partial charge in [0.2, 0.25) is 0 Å². The van der Waals surface area contributed by atoms with Crippen molar-refractivity contribution in [3.05, 3.63) is 29.8 Å². The number of halogens is 1. The summed E-state index contributed by atoms with van der Waals surface area (Å²) in [6.07, 6.45) is 0.684. The first-order valence-corrected chi connectivity index (χ1v) is 10.2. The summed E-state index contributed by atoms with van der Waals surface area (Å²) in [5, 5.41) is 17.2. The van der Waals surface area contributed by atoms with Crippen molar-refractivity contribution in [2.75, 3.05) is 39.3 Å². The van der Waals surface area contributed by atoms with Crippen LogP contribution in [0, 0.1) is 5.92 Å². The topological polar surface area (TPSA) is 69.1 Å². The maximum Gasteiger partial charge on any atom is 0.191 e. The second-order valence-electron chi connectivity index (χ2n) is 7.40. The SMILES string of the molecule is CCNC(=NCC(O)c1cccc(OC(C)C)c1)NCC1CCN(CC)C1.I. The van der Waals surface area contributed by atoms with Crippen molar-refractivity contribution in [3.8, 4) is 5.75 Å². The number of hydrogen-bond donors (Lipinski definition) is 3. The summed E-state index contributed by atoms with van der Waals surface area (Å²) in [5.41, 5.74) is 0.821. The Morgan fingerprint density at radius 3 is 2.75 bits per heavy atom. The minimum absolute atomic E-state index is 0. The maximum absolute atomic E-state index is 10.5. The Hall–Kier alpha value is -1.06. The highest BCUT2D eigenvalue weighted by Gasteiger charge is 2.21. The fourth-order valence-corrected chi connectivity index (χ4v) is 3.30. The van der Waals surface area contributed by atoms with E-state index in [4.69, 9.17) is 4.74 Å². The predicted octanol–water partition coefficient (Wildman–Crippen LogP) is 3.02. The van der Waals surface area contributed by atoms with E-state index >= 15 is 0 Å². The molecule has 1 aromatic rings. The number of ether oxygens (including phenoxy) is 1. The van der Waals surface area contributed by atoms with Crippen molar-refractivity contribution in [1.82, 2.24) is 15.5 Å². The van der Waals surface area contributed by atoms with Crippen LogP contribution in [0.15, 0.2) is 29.3 Å². The second-order valence-corrected chi connectivity index (χ2v) is 7.40. The number of rotatable bonds is 9. The van der Waals surface area contributed by atoms with Crippen molar-refractivity contribution in [2.24, 2.45) is 10.9 Å². The molecule has 2 rings (SSSR count). The molecule has 0 amide bonds. The van der Waals surface area contributed by atoms with Gasteiger partial charge in [-0.15, -0.1) is 24.0 Å². The molecule has 1 heterocycles. The third kappa shape index (κ3) is 8.53. The van der Waals surface area contributed by atoms with Gasteiger partial charge in [0, 0.05) is 19.6 Å². The fourth-order valence-electron chi connectivity index (χ4n) is 3.30. The van der Waals surface area contributed by atoms with Gasteiger partial charge in [0.05, 0.1) is 18.8 Å². The number of aliphatic hydroxyl groups excluding tert-OH is 1. The lowest BCUT2D eigenvalue weighted by molar-refractivity contribution is 0.185. The van der Waals surface area contributed by atoms with Crippen LogP contribution in [0.5, 0.6) is 5.75 Å². The molecule has 160 valence electrons. The molecule has 0 saturated carbocycles. The lowest BCUT2D eigenvalue weighted by Crippen LogP contribution is -2.40. The van der Waals surface area contributed by atoms with E-state index in [2.05, 4.69) is 34.4 Å². The molecule has 1 aliphatic rings. The van der Waals surface area contributed by atoms with Gasteiger partial charge >= 0.3 is 0 Å². The van der Waals surface area contributed by atoms with Crippen LogP contribution in [0.1, 0.15) is 45.8 Å². The molecule has 7 heteroatoms. The van der Waals surface area contributed by atoms with Crippen molar-refractivity contribution >= 4 is 29.9 Å². The van der Waals surface area contributed by atoms with Gasteiger partial charge in [0.15, 0.2) is 5.96 Å². The van der Waals surface area contributed by atoms with Crippen molar-refractivity contribution in [2.45, 2.75) is 46.3 Å². The average Bonchev–Trinajstić information content (AvgIpc) is 3.11. The van der Waals surface area contributed by atoms with Crippen LogP contribution in [-0.4, -0.2) is 61.3 Å². The van der Waals surface area contributed by atoms with E-state index in [1.165, 1.54) is 13.0 Å². The monoisotopic (exact) mass is 504 g/mol. The third-order valence-electron chi connectivity index (χ3n) is 4.76. The lowest BCUT2D eigenvalue weighted by atomic mass is 10.1. The van der Waals surface area contributed by atoms with E-state index < -0.39 is 6.10 Å². The van der Waals surface area contributed by atoms with E-state index in [0.29, 0.717) is 12.5 Å². The quantitative estimate of drug-likeness (QED) is 0.274. The summed E-state index contributed by atoms with van der Waals surface area (Å²) in [6.45, 7) is 13.7. The molecule has 1 aliphatic heterocycles. The van der Waals surface area contributed by atoms with E-state index in [-0.39, 0.29) is 30.1 Å². The van der Waals surface area contributed by atoms with Crippen molar-refractivity contribution in [3.63, 3.8) is 0 Å². The molecule has 1 fully saturated rings. The third-order valence-corrected chi connectivity index (χ3v) is 4.76. The number of guanidine groups is 1. The molecule has 0 aliphatic carbocycles. The molecule has 28 heavy (non-hydrogen) atoms. The Bertz CT molecular complexity index is 598. The molecule has 0 bridgehead atoms. The molecule has 1 saturated heterocycles. The lowest BCUT2D eigenvalue weighted by Gasteiger charge is -2.17. The minimum Gasteiger partial charge on any atom is -0.491 e. The maximum atomic E-state index is 10.5. The highest BCUT2D eigenvalue weighted by molar-refractivity contribution is 14.0. The molecule has 6 nitrogen and oxygen atoms in total. The van der Waals surface area contributed by atoms with Gasteiger partial charge in [-0.1, -0.05) is 19.1 Å². The first-order valence-electron chi connectivity index (χ1n) is 10.2. The van der Waals surface area contributed by atoms with E-state index in [1.807, 2.05) is 38.1 Å². The Morgan fingerprint density at radius 2 is 2.11 bits per heavy atom. The largest absolute Gasteiger partial charge is 0.491 e. The molecule has 0 radical (unpaired) electrons. The standard InChI is InChI=1S/C21H36N4O2.HI/c1-5-22-21(23-13-17-10-11-25(6-2)15-17)24-14-20(26)18-8-7-9-19(12-18)27-16(3)4;/h7-9,12,16-17,20,26H,5-6,10-11,13-15H2,1-4H3,(H2,22,23,24);1H. The van der Waals surface area contributed by atoms with Crippen molar-refractivity contribution < 1.29 is 9.84 Å². The zero-order chi connectivity index (χ0) is 19.6. The zero-order valence-electron chi connectivity index (χ0n) is 17.6. The van der Waals surface area contributed by atoms with E-state index in [1.54, 1.807) is 0 Å². The van der Waals surface area contributed by atoms with Crippen LogP contribution >= 0.6 is 24.0 Å². The van der Waals surface area contributed by atoms with Crippen LogP contribution < -0.4 is 15.4 Å². The Kier molecular flexibility index (Phi) is 11.8. The Morgan fingerprint density at radius 1 is 1.32 bits per heavy atom. The van der Waals surface area contributed by atoms with Crippen LogP contribution in [0.25, 0.3) is 0 Å². The minimum atomic E-state index is -0.654. The molecular weight excluding hydrogens is 467 g/mol. The molecule has 3 N–H and O–H groups in total. The van der Waals surface area contributed by atoms with Gasteiger partial charge in [-0.25, -0.2) is 0 Å². The summed E-state index contributed by atoms with van der Waals surface area (Å²) < 4.78 is 5.71. The normalized spacial score (nSPS) is 18.6. The fraction of sp³-hybridized carbons (Fsp3) is 0.667. The van der Waals surface area contributed by atoms with Gasteiger partial charge in [-0.05, 0) is 63.9 Å². The number of nitrogens with one attached hydrogen (secondary N) is 2. The molecule has 2 unspecified atom stereocenters. The summed E-state index contributed by atoms with van der Waals surface area (Å²) in [6, 6.07) is 7.61. The summed E-state index contributed by atoms with van der Waals surface area (Å²) in [5.74, 6) is 2.20. The predicted molar refractivity (Wildman–Crippen MR) is 127 cm³/mol. The first-order chi connectivity index (χ1) is 13.0. The van der Waals surface area contributed by atoms with Gasteiger partial charge < -0.3 is 25.4 Å². The molecular formula is C21H37IN4O2. The van der Waals surface area contributed by atoms with Crippen LogP contribution in [-0.2, 0) is 0 Å². The van der Waals surface area contributed by atoms with Gasteiger partial charge in [-0.3, -0.25) is 4.99 Å². The van der Waals surface area contributed by atoms with Gasteiger partial charge in [0.25, 0.3) is 0 Å². The second kappa shape index (κ2) is 13.2. The first kappa shape index (κ1) is 25.0. The number of hydrogen-bond acceptors (Lipinski definition) is 4. The zero-order valence-corrected chi connectivity index (χ0v) is 20.0. The average molecular weight is 504 g/mol. The number of likely N-dealkylation sites (tertiary alicyclic amines) is 1. The Labute approximate surface area is 187 Å². The van der Waals surface area contributed by atoms with E-state index in [9.17, 15) is 5.11 Å². The summed E-state index contributed by atoms with van der Waals surface area (Å²) >= 11 is 0. The van der Waals surface area contributed by atoms with Crippen LogP contribution in [0.4, 0.5) is 0 Å². The number of benzene rings is 1. The number of nitrogens with zero attached hydrogens (tertiary/aromatic N) is 2. The van der Waals surface area contributed by atoms with Gasteiger partial charge in [0.1, 0.15) is 5.75 Å². The molecule has 2 atom stereocenters. The van der Waals surface area contributed by atoms with Gasteiger partial charge in [-0.2, -0.15) is 0 Å². The van der Waals surface area contributed by atoms with E-state index in [0.717, 1.165) is 43.5 Å².